The second kappa shape index (κ2) is 4.43. The monoisotopic (exact) mass is 230 g/mol. The maximum absolute atomic E-state index is 12.0. The highest BCUT2D eigenvalue weighted by Crippen LogP contribution is 2.25. The highest BCUT2D eigenvalue weighted by atomic mass is 32.2. The SMILES string of the molecule is CSCCN1C(=O)N[C@@](C)(C(C)C)C1=O. The van der Waals surface area contributed by atoms with E-state index in [1.807, 2.05) is 20.1 Å². The summed E-state index contributed by atoms with van der Waals surface area (Å²) in [6.07, 6.45) is 1.96. The van der Waals surface area contributed by atoms with Crippen LogP contribution in [0.25, 0.3) is 0 Å². The summed E-state index contributed by atoms with van der Waals surface area (Å²) < 4.78 is 0. The normalized spacial score (nSPS) is 26.3. The molecular weight excluding hydrogens is 212 g/mol. The highest BCUT2D eigenvalue weighted by molar-refractivity contribution is 7.98. The minimum Gasteiger partial charge on any atom is -0.323 e. The number of urea groups is 1. The molecule has 0 unspecified atom stereocenters. The van der Waals surface area contributed by atoms with E-state index in [0.717, 1.165) is 5.75 Å². The van der Waals surface area contributed by atoms with Crippen LogP contribution in [0.15, 0.2) is 0 Å². The molecule has 0 aliphatic carbocycles. The number of rotatable bonds is 4. The summed E-state index contributed by atoms with van der Waals surface area (Å²) >= 11 is 1.63. The van der Waals surface area contributed by atoms with Crippen LogP contribution in [-0.4, -0.2) is 40.9 Å². The zero-order valence-electron chi connectivity index (χ0n) is 9.66. The highest BCUT2D eigenvalue weighted by Gasteiger charge is 2.49. The van der Waals surface area contributed by atoms with E-state index >= 15 is 0 Å². The fraction of sp³-hybridized carbons (Fsp3) is 0.800. The van der Waals surface area contributed by atoms with Crippen molar-refractivity contribution < 1.29 is 9.59 Å². The summed E-state index contributed by atoms with van der Waals surface area (Å²) in [4.78, 5) is 24.9. The predicted octanol–water partition coefficient (Wildman–Crippen LogP) is 1.32. The molecule has 3 amide bonds. The van der Waals surface area contributed by atoms with Gasteiger partial charge in [-0.1, -0.05) is 13.8 Å². The predicted molar refractivity (Wildman–Crippen MR) is 61.9 cm³/mol. The minimum absolute atomic E-state index is 0.100. The van der Waals surface area contributed by atoms with Crippen LogP contribution >= 0.6 is 11.8 Å². The molecule has 1 heterocycles. The van der Waals surface area contributed by atoms with Crippen molar-refractivity contribution in [1.29, 1.82) is 0 Å². The van der Waals surface area contributed by atoms with E-state index in [-0.39, 0.29) is 17.9 Å². The van der Waals surface area contributed by atoms with Gasteiger partial charge >= 0.3 is 6.03 Å². The van der Waals surface area contributed by atoms with E-state index in [0.29, 0.717) is 6.54 Å². The Morgan fingerprint density at radius 2 is 2.07 bits per heavy atom. The molecule has 1 rings (SSSR count). The van der Waals surface area contributed by atoms with Crippen molar-refractivity contribution in [2.75, 3.05) is 18.6 Å². The van der Waals surface area contributed by atoms with E-state index in [9.17, 15) is 9.59 Å². The first-order chi connectivity index (χ1) is 6.93. The summed E-state index contributed by atoms with van der Waals surface area (Å²) in [5.74, 6) is 0.789. The van der Waals surface area contributed by atoms with Gasteiger partial charge in [-0.15, -0.1) is 0 Å². The van der Waals surface area contributed by atoms with Gasteiger partial charge in [0.2, 0.25) is 0 Å². The molecule has 15 heavy (non-hydrogen) atoms. The third kappa shape index (κ3) is 2.12. The number of imide groups is 1. The lowest BCUT2D eigenvalue weighted by atomic mass is 9.88. The van der Waals surface area contributed by atoms with Crippen molar-refractivity contribution in [3.63, 3.8) is 0 Å². The molecule has 0 radical (unpaired) electrons. The summed E-state index contributed by atoms with van der Waals surface area (Å²) in [6.45, 7) is 6.16. The largest absolute Gasteiger partial charge is 0.325 e. The van der Waals surface area contributed by atoms with Crippen LogP contribution in [0.3, 0.4) is 0 Å². The topological polar surface area (TPSA) is 49.4 Å². The number of carbonyl (C=O) groups is 2. The fourth-order valence-electron chi connectivity index (χ4n) is 1.49. The first-order valence-electron chi connectivity index (χ1n) is 5.06. The standard InChI is InChI=1S/C10H18N2O2S/c1-7(2)10(3)8(13)12(5-6-15-4)9(14)11-10/h7H,5-6H2,1-4H3,(H,11,14)/t10-/m0/s1. The Morgan fingerprint density at radius 3 is 2.47 bits per heavy atom. The molecule has 0 bridgehead atoms. The lowest BCUT2D eigenvalue weighted by Gasteiger charge is -2.25. The summed E-state index contributed by atoms with van der Waals surface area (Å²) in [7, 11) is 0. The van der Waals surface area contributed by atoms with Crippen molar-refractivity contribution in [3.8, 4) is 0 Å². The van der Waals surface area contributed by atoms with Crippen molar-refractivity contribution in [1.82, 2.24) is 10.2 Å². The fourth-order valence-corrected chi connectivity index (χ4v) is 1.86. The second-order valence-corrected chi connectivity index (χ2v) is 5.22. The zero-order valence-corrected chi connectivity index (χ0v) is 10.5. The molecule has 0 aromatic heterocycles. The van der Waals surface area contributed by atoms with Crippen LogP contribution < -0.4 is 5.32 Å². The molecule has 86 valence electrons. The average Bonchev–Trinajstić information content (AvgIpc) is 2.37. The molecule has 1 atom stereocenters. The van der Waals surface area contributed by atoms with Gasteiger partial charge in [-0.05, 0) is 19.1 Å². The molecule has 0 spiro atoms. The molecule has 1 N–H and O–H groups in total. The third-order valence-corrected chi connectivity index (χ3v) is 3.57. The summed E-state index contributed by atoms with van der Waals surface area (Å²) in [5, 5.41) is 2.77. The van der Waals surface area contributed by atoms with E-state index in [2.05, 4.69) is 5.32 Å². The Labute approximate surface area is 94.8 Å². The Kier molecular flexibility index (Phi) is 3.65. The molecule has 1 fully saturated rings. The number of hydrogen-bond acceptors (Lipinski definition) is 3. The first kappa shape index (κ1) is 12.4. The van der Waals surface area contributed by atoms with Gasteiger partial charge in [0.05, 0.1) is 0 Å². The van der Waals surface area contributed by atoms with Crippen molar-refractivity contribution in [2.45, 2.75) is 26.3 Å². The number of nitrogens with one attached hydrogen (secondary N) is 1. The Balaban J connectivity index is 2.79. The number of amides is 3. The van der Waals surface area contributed by atoms with Gasteiger partial charge in [-0.2, -0.15) is 11.8 Å². The zero-order chi connectivity index (χ0) is 11.6. The molecule has 1 aliphatic heterocycles. The number of nitrogens with zero attached hydrogens (tertiary/aromatic N) is 1. The second-order valence-electron chi connectivity index (χ2n) is 4.24. The first-order valence-corrected chi connectivity index (χ1v) is 6.46. The van der Waals surface area contributed by atoms with Crippen molar-refractivity contribution >= 4 is 23.7 Å². The molecule has 4 nitrogen and oxygen atoms in total. The van der Waals surface area contributed by atoms with Crippen molar-refractivity contribution in [3.05, 3.63) is 0 Å². The van der Waals surface area contributed by atoms with Crippen LogP contribution in [0.5, 0.6) is 0 Å². The molecule has 5 heteroatoms. The Hall–Kier alpha value is -0.710. The van der Waals surface area contributed by atoms with Crippen LogP contribution in [0.1, 0.15) is 20.8 Å². The number of carbonyl (C=O) groups excluding carboxylic acids is 2. The quantitative estimate of drug-likeness (QED) is 0.741. The smallest absolute Gasteiger partial charge is 0.323 e. The number of hydrogen-bond donors (Lipinski definition) is 1. The van der Waals surface area contributed by atoms with Crippen molar-refractivity contribution in [2.24, 2.45) is 5.92 Å². The maximum Gasteiger partial charge on any atom is 0.325 e. The van der Waals surface area contributed by atoms with Crippen LogP contribution in [0.4, 0.5) is 4.79 Å². The lowest BCUT2D eigenvalue weighted by molar-refractivity contribution is -0.131. The van der Waals surface area contributed by atoms with Crippen LogP contribution in [0.2, 0.25) is 0 Å². The van der Waals surface area contributed by atoms with Gasteiger partial charge in [0.25, 0.3) is 5.91 Å². The van der Waals surface area contributed by atoms with Crippen LogP contribution in [-0.2, 0) is 4.79 Å². The van der Waals surface area contributed by atoms with E-state index < -0.39 is 5.54 Å². The van der Waals surface area contributed by atoms with Gasteiger partial charge in [0, 0.05) is 12.3 Å². The molecule has 0 saturated carbocycles. The molecule has 0 aromatic rings. The van der Waals surface area contributed by atoms with Gasteiger partial charge in [0.15, 0.2) is 0 Å². The molecule has 1 saturated heterocycles. The van der Waals surface area contributed by atoms with E-state index in [4.69, 9.17) is 0 Å². The third-order valence-electron chi connectivity index (χ3n) is 2.97. The number of thioether (sulfide) groups is 1. The molecular formula is C10H18N2O2S. The maximum atomic E-state index is 12.0. The van der Waals surface area contributed by atoms with Gasteiger partial charge in [-0.3, -0.25) is 9.69 Å². The molecule has 0 aromatic carbocycles. The summed E-state index contributed by atoms with van der Waals surface area (Å²) in [5.41, 5.74) is -0.727. The summed E-state index contributed by atoms with van der Waals surface area (Å²) in [6, 6.07) is -0.259. The van der Waals surface area contributed by atoms with Gasteiger partial charge < -0.3 is 5.32 Å². The van der Waals surface area contributed by atoms with Crippen LogP contribution in [0, 0.1) is 5.92 Å². The lowest BCUT2D eigenvalue weighted by Crippen LogP contribution is -2.48. The Bertz CT molecular complexity index is 281. The minimum atomic E-state index is -0.727. The van der Waals surface area contributed by atoms with Gasteiger partial charge in [0.1, 0.15) is 5.54 Å². The average molecular weight is 230 g/mol. The molecule has 1 aliphatic rings. The van der Waals surface area contributed by atoms with E-state index in [1.54, 1.807) is 18.7 Å². The Morgan fingerprint density at radius 1 is 1.47 bits per heavy atom. The van der Waals surface area contributed by atoms with Gasteiger partial charge in [-0.25, -0.2) is 4.79 Å². The van der Waals surface area contributed by atoms with E-state index in [1.165, 1.54) is 4.90 Å².